The van der Waals surface area contributed by atoms with Gasteiger partial charge in [0, 0.05) is 33.3 Å². The van der Waals surface area contributed by atoms with E-state index in [0.29, 0.717) is 0 Å². The van der Waals surface area contributed by atoms with Crippen molar-refractivity contribution >= 4 is 38.9 Å². The second-order valence-electron chi connectivity index (χ2n) is 14.1. The predicted molar refractivity (Wildman–Crippen MR) is 237 cm³/mol. The van der Waals surface area contributed by atoms with E-state index < -0.39 is 0 Å². The number of aromatic nitrogens is 1. The molecule has 0 aliphatic rings. The second kappa shape index (κ2) is 14.4. The first-order chi connectivity index (χ1) is 27.8. The Morgan fingerprint density at radius 3 is 1.39 bits per heavy atom. The van der Waals surface area contributed by atoms with Crippen molar-refractivity contribution in [2.45, 2.75) is 0 Å². The lowest BCUT2D eigenvalue weighted by Gasteiger charge is -2.29. The van der Waals surface area contributed by atoms with Gasteiger partial charge in [-0.25, -0.2) is 0 Å². The van der Waals surface area contributed by atoms with E-state index in [-0.39, 0.29) is 0 Å². The third-order valence-corrected chi connectivity index (χ3v) is 10.8. The number of hydrogen-bond acceptors (Lipinski definition) is 1. The Morgan fingerprint density at radius 1 is 0.286 bits per heavy atom. The molecule has 0 saturated carbocycles. The van der Waals surface area contributed by atoms with Gasteiger partial charge in [-0.05, 0) is 81.9 Å². The van der Waals surface area contributed by atoms with Gasteiger partial charge in [0.15, 0.2) is 0 Å². The summed E-state index contributed by atoms with van der Waals surface area (Å²) in [5, 5.41) is 2.50. The van der Waals surface area contributed by atoms with E-state index in [2.05, 4.69) is 240 Å². The predicted octanol–water partition coefficient (Wildman–Crippen LogP) is 14.9. The van der Waals surface area contributed by atoms with Crippen LogP contribution in [-0.2, 0) is 0 Å². The quantitative estimate of drug-likeness (QED) is 0.152. The maximum Gasteiger partial charge on any atom is 0.0541 e. The molecule has 264 valence electrons. The Hall–Kier alpha value is -7.42. The number of benzene rings is 9. The summed E-state index contributed by atoms with van der Waals surface area (Å²) in [6.07, 6.45) is 0. The topological polar surface area (TPSA) is 8.17 Å². The highest BCUT2D eigenvalue weighted by Crippen LogP contribution is 2.45. The number of hydrogen-bond donors (Lipinski definition) is 0. The van der Waals surface area contributed by atoms with Crippen molar-refractivity contribution in [3.05, 3.63) is 231 Å². The highest BCUT2D eigenvalue weighted by Gasteiger charge is 2.21. The molecule has 0 atom stereocenters. The molecular formula is C54H38N2. The van der Waals surface area contributed by atoms with Crippen LogP contribution in [0.4, 0.5) is 17.1 Å². The van der Waals surface area contributed by atoms with Crippen LogP contribution in [-0.4, -0.2) is 4.57 Å². The SMILES string of the molecule is c1ccc(-c2ccc(N(c3ccc(-c4ccccc4-n4c5ccccc5c5ccccc54)c(-c4ccccc4)c3)c3ccccc3-c3ccccc3)cc2)cc1. The monoisotopic (exact) mass is 714 g/mol. The summed E-state index contributed by atoms with van der Waals surface area (Å²) in [5.74, 6) is 0. The largest absolute Gasteiger partial charge is 0.310 e. The molecule has 0 spiro atoms. The molecule has 56 heavy (non-hydrogen) atoms. The Kier molecular flexibility index (Phi) is 8.55. The molecule has 10 aromatic rings. The maximum absolute atomic E-state index is 2.43. The van der Waals surface area contributed by atoms with Crippen LogP contribution in [0.15, 0.2) is 231 Å². The van der Waals surface area contributed by atoms with Crippen molar-refractivity contribution in [3.8, 4) is 50.2 Å². The number of para-hydroxylation sites is 4. The van der Waals surface area contributed by atoms with Crippen LogP contribution >= 0.6 is 0 Å². The average Bonchev–Trinajstić information content (AvgIpc) is 3.62. The van der Waals surface area contributed by atoms with Gasteiger partial charge >= 0.3 is 0 Å². The fourth-order valence-electron chi connectivity index (χ4n) is 8.23. The molecule has 0 unspecified atom stereocenters. The number of fused-ring (bicyclic) bond motifs is 3. The summed E-state index contributed by atoms with van der Waals surface area (Å²) in [4.78, 5) is 2.41. The molecule has 9 aromatic carbocycles. The van der Waals surface area contributed by atoms with Gasteiger partial charge in [-0.3, -0.25) is 0 Å². The van der Waals surface area contributed by atoms with Gasteiger partial charge < -0.3 is 9.47 Å². The average molecular weight is 715 g/mol. The molecule has 0 fully saturated rings. The lowest BCUT2D eigenvalue weighted by Crippen LogP contribution is -2.11. The van der Waals surface area contributed by atoms with Crippen LogP contribution in [0.25, 0.3) is 72.0 Å². The first kappa shape index (κ1) is 33.2. The fraction of sp³-hybridized carbons (Fsp3) is 0. The van der Waals surface area contributed by atoms with E-state index in [4.69, 9.17) is 0 Å². The van der Waals surface area contributed by atoms with Gasteiger partial charge in [0.25, 0.3) is 0 Å². The summed E-state index contributed by atoms with van der Waals surface area (Å²) >= 11 is 0. The lowest BCUT2D eigenvalue weighted by molar-refractivity contribution is 1.18. The van der Waals surface area contributed by atoms with Gasteiger partial charge in [-0.1, -0.05) is 182 Å². The molecule has 0 aliphatic carbocycles. The minimum absolute atomic E-state index is 1.08. The lowest BCUT2D eigenvalue weighted by atomic mass is 9.92. The van der Waals surface area contributed by atoms with Crippen molar-refractivity contribution < 1.29 is 0 Å². The fourth-order valence-corrected chi connectivity index (χ4v) is 8.23. The Labute approximate surface area is 327 Å². The highest BCUT2D eigenvalue weighted by atomic mass is 15.1. The van der Waals surface area contributed by atoms with Crippen LogP contribution in [0.3, 0.4) is 0 Å². The third-order valence-electron chi connectivity index (χ3n) is 10.8. The van der Waals surface area contributed by atoms with Crippen LogP contribution in [0, 0.1) is 0 Å². The zero-order valence-electron chi connectivity index (χ0n) is 30.8. The number of nitrogens with zero attached hydrogens (tertiary/aromatic N) is 2. The van der Waals surface area contributed by atoms with E-state index in [1.54, 1.807) is 0 Å². The molecule has 0 saturated heterocycles. The molecule has 0 aliphatic heterocycles. The van der Waals surface area contributed by atoms with Crippen molar-refractivity contribution in [3.63, 3.8) is 0 Å². The number of rotatable bonds is 8. The molecule has 0 amide bonds. The molecule has 0 N–H and O–H groups in total. The van der Waals surface area contributed by atoms with Crippen LogP contribution in [0.1, 0.15) is 0 Å². The molecule has 1 aromatic heterocycles. The zero-order chi connectivity index (χ0) is 37.3. The van der Waals surface area contributed by atoms with Gasteiger partial charge in [0.05, 0.1) is 22.4 Å². The summed E-state index contributed by atoms with van der Waals surface area (Å²) < 4.78 is 2.43. The molecule has 2 nitrogen and oxygen atoms in total. The Bertz CT molecular complexity index is 2890. The summed E-state index contributed by atoms with van der Waals surface area (Å²) in [6.45, 7) is 0. The molecule has 2 heteroatoms. The molecular weight excluding hydrogens is 677 g/mol. The van der Waals surface area contributed by atoms with Crippen LogP contribution < -0.4 is 4.90 Å². The van der Waals surface area contributed by atoms with E-state index in [1.165, 1.54) is 60.8 Å². The standard InChI is InChI=1S/C54H38N2/c1-4-18-39(19-5-1)40-32-34-43(35-33-40)55(51-28-14-10-24-45(51)41-20-6-2-7-21-41)44-36-37-46(50(38-44)42-22-8-3-9-23-42)47-25-11-15-29-52(47)56-53-30-16-12-26-48(53)49-27-13-17-31-54(49)56/h1-38H. The Balaban J connectivity index is 1.20. The van der Waals surface area contributed by atoms with Crippen LogP contribution in [0.5, 0.6) is 0 Å². The van der Waals surface area contributed by atoms with Gasteiger partial charge in [0.2, 0.25) is 0 Å². The second-order valence-corrected chi connectivity index (χ2v) is 14.1. The minimum Gasteiger partial charge on any atom is -0.310 e. The summed E-state index contributed by atoms with van der Waals surface area (Å²) in [5.41, 5.74) is 16.2. The first-order valence-corrected chi connectivity index (χ1v) is 19.2. The van der Waals surface area contributed by atoms with Gasteiger partial charge in [-0.15, -0.1) is 0 Å². The highest BCUT2D eigenvalue weighted by molar-refractivity contribution is 6.10. The number of anilines is 3. The third kappa shape index (κ3) is 5.95. The molecule has 10 rings (SSSR count). The van der Waals surface area contributed by atoms with Crippen molar-refractivity contribution in [1.82, 2.24) is 4.57 Å². The van der Waals surface area contributed by atoms with Gasteiger partial charge in [0.1, 0.15) is 0 Å². The molecule has 1 heterocycles. The van der Waals surface area contributed by atoms with Gasteiger partial charge in [-0.2, -0.15) is 0 Å². The Morgan fingerprint density at radius 2 is 0.750 bits per heavy atom. The van der Waals surface area contributed by atoms with Crippen molar-refractivity contribution in [2.75, 3.05) is 4.90 Å². The maximum atomic E-state index is 2.43. The van der Waals surface area contributed by atoms with Crippen molar-refractivity contribution in [2.24, 2.45) is 0 Å². The smallest absolute Gasteiger partial charge is 0.0541 e. The van der Waals surface area contributed by atoms with E-state index >= 15 is 0 Å². The van der Waals surface area contributed by atoms with E-state index in [9.17, 15) is 0 Å². The first-order valence-electron chi connectivity index (χ1n) is 19.2. The molecule has 0 radical (unpaired) electrons. The van der Waals surface area contributed by atoms with Crippen LogP contribution in [0.2, 0.25) is 0 Å². The summed E-state index contributed by atoms with van der Waals surface area (Å²) in [6, 6.07) is 83.1. The minimum atomic E-state index is 1.08. The molecule has 0 bridgehead atoms. The zero-order valence-corrected chi connectivity index (χ0v) is 30.8. The summed E-state index contributed by atoms with van der Waals surface area (Å²) in [7, 11) is 0. The normalized spacial score (nSPS) is 11.2. The van der Waals surface area contributed by atoms with Crippen molar-refractivity contribution in [1.29, 1.82) is 0 Å². The van der Waals surface area contributed by atoms with E-state index in [0.717, 1.165) is 28.3 Å². The van der Waals surface area contributed by atoms with E-state index in [1.807, 2.05) is 0 Å².